The summed E-state index contributed by atoms with van der Waals surface area (Å²) < 4.78 is 37.5. The SMILES string of the molecule is CCOC(=O)c1ccccc1NS(=O)(=O)Cc1noc2ccccc12. The lowest BCUT2D eigenvalue weighted by molar-refractivity contribution is 0.0527. The van der Waals surface area contributed by atoms with Crippen LogP contribution in [0.4, 0.5) is 5.69 Å². The molecule has 0 aliphatic rings. The molecular weight excluding hydrogens is 344 g/mol. The summed E-state index contributed by atoms with van der Waals surface area (Å²) >= 11 is 0. The van der Waals surface area contributed by atoms with Gasteiger partial charge >= 0.3 is 5.97 Å². The normalized spacial score (nSPS) is 11.4. The largest absolute Gasteiger partial charge is 0.462 e. The molecule has 0 amide bonds. The number of fused-ring (bicyclic) bond motifs is 1. The highest BCUT2D eigenvalue weighted by molar-refractivity contribution is 7.91. The van der Waals surface area contributed by atoms with E-state index in [-0.39, 0.29) is 23.6 Å². The van der Waals surface area contributed by atoms with Gasteiger partial charge in [0, 0.05) is 5.39 Å². The lowest BCUT2D eigenvalue weighted by Gasteiger charge is -2.11. The number of ether oxygens (including phenoxy) is 1. The van der Waals surface area contributed by atoms with E-state index in [4.69, 9.17) is 9.26 Å². The van der Waals surface area contributed by atoms with Crippen molar-refractivity contribution in [1.29, 1.82) is 0 Å². The molecule has 0 spiro atoms. The number of hydrogen-bond acceptors (Lipinski definition) is 6. The number of aromatic nitrogens is 1. The van der Waals surface area contributed by atoms with Crippen LogP contribution in [0.2, 0.25) is 0 Å². The van der Waals surface area contributed by atoms with Gasteiger partial charge in [-0.1, -0.05) is 29.4 Å². The minimum absolute atomic E-state index is 0.151. The zero-order valence-corrected chi connectivity index (χ0v) is 14.2. The first-order valence-corrected chi connectivity index (χ1v) is 9.25. The molecule has 8 heteroatoms. The summed E-state index contributed by atoms with van der Waals surface area (Å²) in [5.74, 6) is -0.964. The summed E-state index contributed by atoms with van der Waals surface area (Å²) in [6, 6.07) is 13.3. The Kier molecular flexibility index (Phi) is 4.71. The molecule has 0 atom stereocenters. The smallest absolute Gasteiger partial charge is 0.340 e. The van der Waals surface area contributed by atoms with Crippen LogP contribution in [-0.2, 0) is 20.5 Å². The highest BCUT2D eigenvalue weighted by Gasteiger charge is 2.20. The zero-order valence-electron chi connectivity index (χ0n) is 13.4. The summed E-state index contributed by atoms with van der Waals surface area (Å²) in [4.78, 5) is 12.0. The van der Waals surface area contributed by atoms with Gasteiger partial charge < -0.3 is 9.26 Å². The molecule has 1 aromatic heterocycles. The standard InChI is InChI=1S/C17H16N2O5S/c1-2-23-17(20)13-8-3-5-9-14(13)19-25(21,22)11-15-12-7-4-6-10-16(12)24-18-15/h3-10,19H,2,11H2,1H3. The van der Waals surface area contributed by atoms with E-state index in [1.807, 2.05) is 0 Å². The second kappa shape index (κ2) is 6.94. The van der Waals surface area contributed by atoms with Gasteiger partial charge in [0.05, 0.1) is 17.9 Å². The molecule has 0 aliphatic carbocycles. The number of rotatable bonds is 6. The maximum Gasteiger partial charge on any atom is 0.340 e. The van der Waals surface area contributed by atoms with Crippen molar-refractivity contribution >= 4 is 32.6 Å². The Morgan fingerprint density at radius 2 is 1.88 bits per heavy atom. The fourth-order valence-electron chi connectivity index (χ4n) is 2.38. The van der Waals surface area contributed by atoms with Crippen molar-refractivity contribution in [3.05, 3.63) is 59.8 Å². The Labute approximate surface area is 144 Å². The number of carbonyl (C=O) groups is 1. The van der Waals surface area contributed by atoms with E-state index in [2.05, 4.69) is 9.88 Å². The van der Waals surface area contributed by atoms with E-state index in [0.29, 0.717) is 16.7 Å². The molecule has 0 saturated heterocycles. The molecule has 0 radical (unpaired) electrons. The summed E-state index contributed by atoms with van der Waals surface area (Å²) in [7, 11) is -3.80. The minimum Gasteiger partial charge on any atom is -0.462 e. The number of hydrogen-bond donors (Lipinski definition) is 1. The van der Waals surface area contributed by atoms with Crippen LogP contribution in [0.1, 0.15) is 23.0 Å². The predicted molar refractivity (Wildman–Crippen MR) is 92.7 cm³/mol. The average Bonchev–Trinajstić information content (AvgIpc) is 2.98. The first kappa shape index (κ1) is 17.0. The third-order valence-corrected chi connectivity index (χ3v) is 4.65. The van der Waals surface area contributed by atoms with E-state index in [1.165, 1.54) is 12.1 Å². The second-order valence-corrected chi connectivity index (χ2v) is 6.97. The van der Waals surface area contributed by atoms with Gasteiger partial charge in [0.1, 0.15) is 11.4 Å². The molecular formula is C17H16N2O5S. The summed E-state index contributed by atoms with van der Waals surface area (Å²) in [5.41, 5.74) is 1.13. The summed E-state index contributed by atoms with van der Waals surface area (Å²) in [6.07, 6.45) is 0. The number of nitrogens with one attached hydrogen (secondary N) is 1. The molecule has 2 aromatic carbocycles. The van der Waals surface area contributed by atoms with Gasteiger partial charge in [0.15, 0.2) is 5.58 Å². The predicted octanol–water partition coefficient (Wildman–Crippen LogP) is 2.95. The van der Waals surface area contributed by atoms with Gasteiger partial charge in [-0.05, 0) is 31.2 Å². The summed E-state index contributed by atoms with van der Waals surface area (Å²) in [5, 5.41) is 4.45. The van der Waals surface area contributed by atoms with Crippen LogP contribution in [0.5, 0.6) is 0 Å². The van der Waals surface area contributed by atoms with E-state index in [9.17, 15) is 13.2 Å². The van der Waals surface area contributed by atoms with Crippen LogP contribution < -0.4 is 4.72 Å². The number of para-hydroxylation sites is 2. The van der Waals surface area contributed by atoms with Crippen molar-refractivity contribution in [2.45, 2.75) is 12.7 Å². The van der Waals surface area contributed by atoms with Crippen molar-refractivity contribution < 1.29 is 22.5 Å². The van der Waals surface area contributed by atoms with Crippen LogP contribution >= 0.6 is 0 Å². The summed E-state index contributed by atoms with van der Waals surface area (Å²) in [6.45, 7) is 1.88. The molecule has 0 bridgehead atoms. The molecule has 3 aromatic rings. The Bertz CT molecular complexity index is 1010. The molecule has 25 heavy (non-hydrogen) atoms. The van der Waals surface area contributed by atoms with Crippen LogP contribution in [-0.4, -0.2) is 26.2 Å². The van der Waals surface area contributed by atoms with Crippen molar-refractivity contribution in [2.24, 2.45) is 0 Å². The molecule has 1 N–H and O–H groups in total. The monoisotopic (exact) mass is 360 g/mol. The fraction of sp³-hybridized carbons (Fsp3) is 0.176. The molecule has 1 heterocycles. The van der Waals surface area contributed by atoms with Gasteiger partial charge in [0.25, 0.3) is 0 Å². The Balaban J connectivity index is 1.86. The number of anilines is 1. The average molecular weight is 360 g/mol. The third kappa shape index (κ3) is 3.80. The lowest BCUT2D eigenvalue weighted by atomic mass is 10.2. The molecule has 0 unspecified atom stereocenters. The zero-order chi connectivity index (χ0) is 17.9. The Morgan fingerprint density at radius 3 is 2.68 bits per heavy atom. The molecule has 0 fully saturated rings. The van der Waals surface area contributed by atoms with E-state index in [1.54, 1.807) is 43.3 Å². The first-order chi connectivity index (χ1) is 12.0. The first-order valence-electron chi connectivity index (χ1n) is 7.60. The Hall–Kier alpha value is -2.87. The second-order valence-electron chi connectivity index (χ2n) is 5.25. The van der Waals surface area contributed by atoms with Crippen LogP contribution in [0, 0.1) is 0 Å². The van der Waals surface area contributed by atoms with Crippen molar-refractivity contribution in [3.63, 3.8) is 0 Å². The van der Waals surface area contributed by atoms with Gasteiger partial charge in [-0.15, -0.1) is 0 Å². The molecule has 0 saturated carbocycles. The van der Waals surface area contributed by atoms with Crippen molar-refractivity contribution in [2.75, 3.05) is 11.3 Å². The van der Waals surface area contributed by atoms with E-state index in [0.717, 1.165) is 0 Å². The minimum atomic E-state index is -3.80. The highest BCUT2D eigenvalue weighted by Crippen LogP contribution is 2.22. The Morgan fingerprint density at radius 1 is 1.16 bits per heavy atom. The number of esters is 1. The maximum atomic E-state index is 12.5. The number of sulfonamides is 1. The van der Waals surface area contributed by atoms with E-state index < -0.39 is 16.0 Å². The third-order valence-electron chi connectivity index (χ3n) is 3.47. The van der Waals surface area contributed by atoms with Gasteiger partial charge in [-0.25, -0.2) is 13.2 Å². The lowest BCUT2D eigenvalue weighted by Crippen LogP contribution is -2.18. The fourth-order valence-corrected chi connectivity index (χ4v) is 3.54. The highest BCUT2D eigenvalue weighted by atomic mass is 32.2. The molecule has 7 nitrogen and oxygen atoms in total. The van der Waals surface area contributed by atoms with Crippen LogP contribution in [0.25, 0.3) is 11.0 Å². The number of nitrogens with zero attached hydrogens (tertiary/aromatic N) is 1. The molecule has 3 rings (SSSR count). The van der Waals surface area contributed by atoms with E-state index >= 15 is 0 Å². The van der Waals surface area contributed by atoms with Crippen LogP contribution in [0.3, 0.4) is 0 Å². The topological polar surface area (TPSA) is 98.5 Å². The quantitative estimate of drug-likeness (QED) is 0.679. The van der Waals surface area contributed by atoms with Crippen molar-refractivity contribution in [3.8, 4) is 0 Å². The molecule has 0 aliphatic heterocycles. The van der Waals surface area contributed by atoms with Gasteiger partial charge in [-0.2, -0.15) is 0 Å². The van der Waals surface area contributed by atoms with Gasteiger partial charge in [0.2, 0.25) is 10.0 Å². The number of benzene rings is 2. The van der Waals surface area contributed by atoms with Crippen molar-refractivity contribution in [1.82, 2.24) is 5.16 Å². The van der Waals surface area contributed by atoms with Gasteiger partial charge in [-0.3, -0.25) is 4.72 Å². The molecule has 130 valence electrons. The van der Waals surface area contributed by atoms with Crippen LogP contribution in [0.15, 0.2) is 53.1 Å². The maximum absolute atomic E-state index is 12.5. The number of carbonyl (C=O) groups excluding carboxylic acids is 1.